The van der Waals surface area contributed by atoms with E-state index in [-0.39, 0.29) is 36.9 Å². The highest BCUT2D eigenvalue weighted by Gasteiger charge is 2.32. The minimum absolute atomic E-state index is 0.0277. The summed E-state index contributed by atoms with van der Waals surface area (Å²) >= 11 is 0. The molecular weight excluding hydrogens is 242 g/mol. The predicted molar refractivity (Wildman–Crippen MR) is 64.2 cm³/mol. The zero-order valence-corrected chi connectivity index (χ0v) is 10.7. The minimum Gasteiger partial charge on any atom is -0.395 e. The van der Waals surface area contributed by atoms with Crippen molar-refractivity contribution in [3.63, 3.8) is 0 Å². The number of rotatable bonds is 5. The van der Waals surface area contributed by atoms with Crippen LogP contribution in [0.1, 0.15) is 26.2 Å². The standard InChI is InChI=1S/C12H22F2N2O2/c1-8-6-9(2-3-10(8)15)12(18)16(4-5-17)7-11(13)14/h8-11,17H,2-7,15H2,1H3. The third-order valence-corrected chi connectivity index (χ3v) is 3.62. The molecule has 0 saturated heterocycles. The lowest BCUT2D eigenvalue weighted by molar-refractivity contribution is -0.139. The van der Waals surface area contributed by atoms with Gasteiger partial charge in [0, 0.05) is 18.5 Å². The van der Waals surface area contributed by atoms with Crippen molar-refractivity contribution in [2.75, 3.05) is 19.7 Å². The van der Waals surface area contributed by atoms with Gasteiger partial charge in [-0.3, -0.25) is 4.79 Å². The van der Waals surface area contributed by atoms with Gasteiger partial charge in [0.1, 0.15) is 0 Å². The highest BCUT2D eigenvalue weighted by Crippen LogP contribution is 2.29. The summed E-state index contributed by atoms with van der Waals surface area (Å²) in [4.78, 5) is 13.2. The van der Waals surface area contributed by atoms with Crippen LogP contribution >= 0.6 is 0 Å². The number of alkyl halides is 2. The lowest BCUT2D eigenvalue weighted by Gasteiger charge is -2.34. The molecule has 1 aliphatic rings. The van der Waals surface area contributed by atoms with Crippen LogP contribution in [0.3, 0.4) is 0 Å². The molecule has 0 spiro atoms. The maximum atomic E-state index is 12.4. The molecule has 3 unspecified atom stereocenters. The minimum atomic E-state index is -2.57. The van der Waals surface area contributed by atoms with E-state index in [2.05, 4.69) is 0 Å². The van der Waals surface area contributed by atoms with Crippen LogP contribution in [0, 0.1) is 11.8 Å². The van der Waals surface area contributed by atoms with Crippen molar-refractivity contribution in [3.05, 3.63) is 0 Å². The molecule has 1 saturated carbocycles. The zero-order valence-electron chi connectivity index (χ0n) is 10.7. The number of hydrogen-bond acceptors (Lipinski definition) is 3. The van der Waals surface area contributed by atoms with E-state index in [1.54, 1.807) is 0 Å². The Bertz CT molecular complexity index is 277. The van der Waals surface area contributed by atoms with Crippen LogP contribution in [0.15, 0.2) is 0 Å². The molecule has 1 rings (SSSR count). The fraction of sp³-hybridized carbons (Fsp3) is 0.917. The molecule has 0 bridgehead atoms. The van der Waals surface area contributed by atoms with Gasteiger partial charge in [0.25, 0.3) is 6.43 Å². The van der Waals surface area contributed by atoms with E-state index in [1.165, 1.54) is 0 Å². The van der Waals surface area contributed by atoms with E-state index >= 15 is 0 Å². The van der Waals surface area contributed by atoms with Gasteiger partial charge in [-0.05, 0) is 25.2 Å². The molecule has 0 aromatic rings. The maximum Gasteiger partial charge on any atom is 0.255 e. The fourth-order valence-corrected chi connectivity index (χ4v) is 2.48. The highest BCUT2D eigenvalue weighted by molar-refractivity contribution is 5.79. The average Bonchev–Trinajstić information content (AvgIpc) is 2.31. The van der Waals surface area contributed by atoms with Crippen LogP contribution in [0.25, 0.3) is 0 Å². The quantitative estimate of drug-likeness (QED) is 0.773. The Kier molecular flexibility index (Phi) is 5.95. The summed E-state index contributed by atoms with van der Waals surface area (Å²) in [6, 6.07) is 0.0930. The van der Waals surface area contributed by atoms with Crippen molar-refractivity contribution in [1.82, 2.24) is 4.90 Å². The molecule has 1 fully saturated rings. The van der Waals surface area contributed by atoms with Crippen LogP contribution in [-0.4, -0.2) is 48.1 Å². The number of halogens is 2. The van der Waals surface area contributed by atoms with Gasteiger partial charge in [-0.15, -0.1) is 0 Å². The second-order valence-corrected chi connectivity index (χ2v) is 5.05. The summed E-state index contributed by atoms with van der Waals surface area (Å²) < 4.78 is 24.8. The van der Waals surface area contributed by atoms with Crippen LogP contribution < -0.4 is 5.73 Å². The first kappa shape index (κ1) is 15.3. The van der Waals surface area contributed by atoms with E-state index in [4.69, 9.17) is 10.8 Å². The summed E-state index contributed by atoms with van der Waals surface area (Å²) in [5, 5.41) is 8.83. The molecule has 0 heterocycles. The molecular formula is C12H22F2N2O2. The van der Waals surface area contributed by atoms with Gasteiger partial charge < -0.3 is 15.7 Å². The maximum absolute atomic E-state index is 12.4. The topological polar surface area (TPSA) is 66.6 Å². The number of hydrogen-bond donors (Lipinski definition) is 2. The van der Waals surface area contributed by atoms with Gasteiger partial charge >= 0.3 is 0 Å². The van der Waals surface area contributed by atoms with Crippen molar-refractivity contribution in [2.24, 2.45) is 17.6 Å². The van der Waals surface area contributed by atoms with Crippen LogP contribution in [-0.2, 0) is 4.79 Å². The van der Waals surface area contributed by atoms with Gasteiger partial charge in [0.15, 0.2) is 0 Å². The Balaban J connectivity index is 2.59. The molecule has 6 heteroatoms. The van der Waals surface area contributed by atoms with Gasteiger partial charge in [-0.1, -0.05) is 6.92 Å². The summed E-state index contributed by atoms with van der Waals surface area (Å²) in [5.41, 5.74) is 5.87. The smallest absolute Gasteiger partial charge is 0.255 e. The van der Waals surface area contributed by atoms with Gasteiger partial charge in [-0.2, -0.15) is 0 Å². The molecule has 0 radical (unpaired) electrons. The molecule has 106 valence electrons. The van der Waals surface area contributed by atoms with Crippen molar-refractivity contribution >= 4 is 5.91 Å². The van der Waals surface area contributed by atoms with Gasteiger partial charge in [-0.25, -0.2) is 8.78 Å². The summed E-state index contributed by atoms with van der Waals surface area (Å²) in [6.07, 6.45) is -0.524. The van der Waals surface area contributed by atoms with Gasteiger partial charge in [0.2, 0.25) is 5.91 Å². The Morgan fingerprint density at radius 3 is 2.67 bits per heavy atom. The molecule has 3 N–H and O–H groups in total. The molecule has 18 heavy (non-hydrogen) atoms. The number of aliphatic hydroxyl groups excluding tert-OH is 1. The molecule has 1 aliphatic carbocycles. The number of carbonyl (C=O) groups excluding carboxylic acids is 1. The molecule has 0 aromatic heterocycles. The Morgan fingerprint density at radius 1 is 1.50 bits per heavy atom. The van der Waals surface area contributed by atoms with Crippen molar-refractivity contribution < 1.29 is 18.7 Å². The average molecular weight is 264 g/mol. The highest BCUT2D eigenvalue weighted by atomic mass is 19.3. The summed E-state index contributed by atoms with van der Waals surface area (Å²) in [5.74, 6) is -0.275. The Hall–Kier alpha value is -0.750. The van der Waals surface area contributed by atoms with Crippen LogP contribution in [0.2, 0.25) is 0 Å². The summed E-state index contributed by atoms with van der Waals surface area (Å²) in [7, 11) is 0. The van der Waals surface area contributed by atoms with E-state index in [0.29, 0.717) is 12.8 Å². The molecule has 3 atom stereocenters. The number of nitrogens with two attached hydrogens (primary N) is 1. The van der Waals surface area contributed by atoms with Crippen LogP contribution in [0.4, 0.5) is 8.78 Å². The van der Waals surface area contributed by atoms with E-state index in [0.717, 1.165) is 11.3 Å². The van der Waals surface area contributed by atoms with Crippen molar-refractivity contribution in [3.8, 4) is 0 Å². The second kappa shape index (κ2) is 6.99. The Morgan fingerprint density at radius 2 is 2.17 bits per heavy atom. The van der Waals surface area contributed by atoms with Crippen LogP contribution in [0.5, 0.6) is 0 Å². The third kappa shape index (κ3) is 4.17. The lowest BCUT2D eigenvalue weighted by Crippen LogP contribution is -2.45. The van der Waals surface area contributed by atoms with Crippen molar-refractivity contribution in [1.29, 1.82) is 0 Å². The van der Waals surface area contributed by atoms with E-state index in [9.17, 15) is 13.6 Å². The predicted octanol–water partition coefficient (Wildman–Crippen LogP) is 0.836. The number of aliphatic hydroxyl groups is 1. The SMILES string of the molecule is CC1CC(C(=O)N(CCO)CC(F)F)CCC1N. The monoisotopic (exact) mass is 264 g/mol. The molecule has 0 aliphatic heterocycles. The zero-order chi connectivity index (χ0) is 13.7. The van der Waals surface area contributed by atoms with Gasteiger partial charge in [0.05, 0.1) is 13.2 Å². The summed E-state index contributed by atoms with van der Waals surface area (Å²) in [6.45, 7) is 1.06. The second-order valence-electron chi connectivity index (χ2n) is 5.05. The third-order valence-electron chi connectivity index (χ3n) is 3.62. The Labute approximate surface area is 106 Å². The molecule has 4 nitrogen and oxygen atoms in total. The molecule has 0 aromatic carbocycles. The largest absolute Gasteiger partial charge is 0.395 e. The molecule has 1 amide bonds. The number of carbonyl (C=O) groups is 1. The van der Waals surface area contributed by atoms with E-state index < -0.39 is 13.0 Å². The first-order valence-electron chi connectivity index (χ1n) is 6.39. The lowest BCUT2D eigenvalue weighted by atomic mass is 9.78. The van der Waals surface area contributed by atoms with Crippen molar-refractivity contribution in [2.45, 2.75) is 38.7 Å². The fourth-order valence-electron chi connectivity index (χ4n) is 2.48. The normalized spacial score (nSPS) is 28.4. The number of nitrogens with zero attached hydrogens (tertiary/aromatic N) is 1. The van der Waals surface area contributed by atoms with E-state index in [1.807, 2.05) is 6.92 Å². The first-order chi connectivity index (χ1) is 8.45. The number of amides is 1. The first-order valence-corrected chi connectivity index (χ1v) is 6.39.